The Hall–Kier alpha value is -3.17. The summed E-state index contributed by atoms with van der Waals surface area (Å²) in [6, 6.07) is 3.25. The van der Waals surface area contributed by atoms with E-state index in [0.717, 1.165) is 26.5 Å². The molecule has 0 saturated heterocycles. The van der Waals surface area contributed by atoms with Crippen LogP contribution < -0.4 is 10.2 Å². The van der Waals surface area contributed by atoms with E-state index in [1.165, 1.54) is 15.4 Å². The number of aliphatic carboxylic acids is 1. The van der Waals surface area contributed by atoms with Crippen LogP contribution in [0.15, 0.2) is 35.5 Å². The van der Waals surface area contributed by atoms with E-state index in [-0.39, 0.29) is 12.0 Å². The standard InChI is InChI=1S/C12H12N4O3.C5H9FO2/c1-15-11(17)6-10(8-13-15)9-2-4-16(14-7-9)5-3-12(18)19;1-5(2,6)4(7)8-3/h2,4,6-8H,3,5H2,1H3;1-3H3/p+1. The molecule has 0 atom stereocenters. The summed E-state index contributed by atoms with van der Waals surface area (Å²) in [5, 5.41) is 16.6. The molecule has 2 aromatic rings. The Morgan fingerprint density at radius 1 is 1.33 bits per heavy atom. The molecule has 9 nitrogen and oxygen atoms in total. The lowest BCUT2D eigenvalue weighted by Crippen LogP contribution is -2.38. The maximum Gasteiger partial charge on any atom is 0.343 e. The third-order valence-corrected chi connectivity index (χ3v) is 3.30. The molecule has 2 rings (SSSR count). The summed E-state index contributed by atoms with van der Waals surface area (Å²) in [5.74, 6) is -1.70. The minimum atomic E-state index is -1.85. The summed E-state index contributed by atoms with van der Waals surface area (Å²) in [6.45, 7) is 2.61. The predicted molar refractivity (Wildman–Crippen MR) is 92.4 cm³/mol. The van der Waals surface area contributed by atoms with Gasteiger partial charge >= 0.3 is 11.9 Å². The summed E-state index contributed by atoms with van der Waals surface area (Å²) in [7, 11) is 2.73. The number of methoxy groups -OCH3 is 1. The zero-order chi connectivity index (χ0) is 20.6. The minimum absolute atomic E-state index is 0.0183. The van der Waals surface area contributed by atoms with Gasteiger partial charge in [-0.25, -0.2) is 13.9 Å². The number of nitrogens with zero attached hydrogens (tertiary/aromatic N) is 4. The molecule has 0 spiro atoms. The maximum atomic E-state index is 12.3. The van der Waals surface area contributed by atoms with E-state index in [0.29, 0.717) is 12.1 Å². The fourth-order valence-corrected chi connectivity index (χ4v) is 1.77. The number of carbonyl (C=O) groups is 2. The van der Waals surface area contributed by atoms with Gasteiger partial charge in [-0.1, -0.05) is 4.68 Å². The van der Waals surface area contributed by atoms with Crippen molar-refractivity contribution in [3.63, 3.8) is 0 Å². The van der Waals surface area contributed by atoms with E-state index in [9.17, 15) is 18.8 Å². The molecule has 146 valence electrons. The molecule has 10 heteroatoms. The van der Waals surface area contributed by atoms with Crippen molar-refractivity contribution in [1.29, 1.82) is 0 Å². The quantitative estimate of drug-likeness (QED) is 0.593. The van der Waals surface area contributed by atoms with Crippen LogP contribution in [0.4, 0.5) is 4.39 Å². The first-order valence-electron chi connectivity index (χ1n) is 7.93. The Balaban J connectivity index is 0.000000387. The van der Waals surface area contributed by atoms with Gasteiger partial charge in [-0.15, -0.1) is 0 Å². The summed E-state index contributed by atoms with van der Waals surface area (Å²) < 4.78 is 19.2. The van der Waals surface area contributed by atoms with E-state index in [4.69, 9.17) is 5.11 Å². The average molecular weight is 381 g/mol. The lowest BCUT2D eigenvalue weighted by atomic mass is 10.1. The lowest BCUT2D eigenvalue weighted by molar-refractivity contribution is -0.752. The van der Waals surface area contributed by atoms with E-state index in [1.54, 1.807) is 31.7 Å². The first-order valence-corrected chi connectivity index (χ1v) is 7.93. The van der Waals surface area contributed by atoms with Gasteiger partial charge in [0.2, 0.25) is 5.67 Å². The summed E-state index contributed by atoms with van der Waals surface area (Å²) in [4.78, 5) is 32.1. The van der Waals surface area contributed by atoms with Gasteiger partial charge in [0.25, 0.3) is 5.56 Å². The van der Waals surface area contributed by atoms with E-state index >= 15 is 0 Å². The molecular formula is C17H22FN4O5+. The molecule has 1 N–H and O–H groups in total. The molecule has 0 aliphatic carbocycles. The second-order valence-electron chi connectivity index (χ2n) is 5.99. The number of aromatic nitrogens is 4. The van der Waals surface area contributed by atoms with Crippen LogP contribution in [0.1, 0.15) is 20.3 Å². The number of hydrogen-bond acceptors (Lipinski definition) is 6. The maximum absolute atomic E-state index is 12.3. The molecule has 0 aromatic carbocycles. The summed E-state index contributed by atoms with van der Waals surface area (Å²) >= 11 is 0. The van der Waals surface area contributed by atoms with E-state index < -0.39 is 17.6 Å². The molecule has 0 amide bonds. The molecule has 2 aromatic heterocycles. The molecule has 0 aliphatic rings. The van der Waals surface area contributed by atoms with Crippen LogP contribution in [0.25, 0.3) is 11.1 Å². The predicted octanol–water partition coefficient (Wildman–Crippen LogP) is 0.512. The second-order valence-corrected chi connectivity index (χ2v) is 5.99. The number of hydrogen-bond donors (Lipinski definition) is 1. The van der Waals surface area contributed by atoms with Crippen LogP contribution in [-0.4, -0.2) is 44.7 Å². The number of esters is 1. The highest BCUT2D eigenvalue weighted by Crippen LogP contribution is 2.12. The molecule has 0 bridgehead atoms. The van der Waals surface area contributed by atoms with Gasteiger partial charge in [0.15, 0.2) is 12.7 Å². The Morgan fingerprint density at radius 2 is 2.00 bits per heavy atom. The Bertz CT molecular complexity index is 844. The zero-order valence-corrected chi connectivity index (χ0v) is 15.5. The van der Waals surface area contributed by atoms with Gasteiger partial charge in [0.05, 0.1) is 13.3 Å². The number of halogens is 1. The third kappa shape index (κ3) is 7.30. The first-order chi connectivity index (χ1) is 12.5. The molecule has 0 fully saturated rings. The Kier molecular flexibility index (Phi) is 7.70. The van der Waals surface area contributed by atoms with Crippen molar-refractivity contribution >= 4 is 11.9 Å². The van der Waals surface area contributed by atoms with E-state index in [1.807, 2.05) is 0 Å². The molecular weight excluding hydrogens is 359 g/mol. The fraction of sp³-hybridized carbons (Fsp3) is 0.412. The zero-order valence-electron chi connectivity index (χ0n) is 15.5. The van der Waals surface area contributed by atoms with Crippen molar-refractivity contribution in [1.82, 2.24) is 14.9 Å². The highest BCUT2D eigenvalue weighted by molar-refractivity contribution is 5.78. The number of aryl methyl sites for hydroxylation is 2. The highest BCUT2D eigenvalue weighted by atomic mass is 19.1. The molecule has 0 radical (unpaired) electrons. The number of carboxylic acid groups (broad SMARTS) is 1. The van der Waals surface area contributed by atoms with Crippen molar-refractivity contribution in [3.8, 4) is 11.1 Å². The minimum Gasteiger partial charge on any atom is -0.481 e. The van der Waals surface area contributed by atoms with Gasteiger partial charge in [-0.3, -0.25) is 9.59 Å². The fourth-order valence-electron chi connectivity index (χ4n) is 1.77. The molecule has 0 aliphatic heterocycles. The summed E-state index contributed by atoms with van der Waals surface area (Å²) in [5.41, 5.74) is -0.604. The van der Waals surface area contributed by atoms with Crippen molar-refractivity contribution in [2.24, 2.45) is 7.05 Å². The smallest absolute Gasteiger partial charge is 0.343 e. The van der Waals surface area contributed by atoms with Crippen LogP contribution in [0, 0.1) is 0 Å². The van der Waals surface area contributed by atoms with E-state index in [2.05, 4.69) is 14.9 Å². The van der Waals surface area contributed by atoms with Crippen LogP contribution in [-0.2, 0) is 27.9 Å². The molecule has 2 heterocycles. The second kappa shape index (κ2) is 9.51. The number of carboxylic acids is 1. The van der Waals surface area contributed by atoms with Gasteiger partial charge in [-0.2, -0.15) is 5.10 Å². The largest absolute Gasteiger partial charge is 0.481 e. The number of carbonyl (C=O) groups excluding carboxylic acids is 1. The SMILES string of the molecule is COC(=O)C(C)(C)F.Cn1ncc(-c2cc[n+](CCC(=O)O)nc2)cc1=O. The van der Waals surface area contributed by atoms with Crippen molar-refractivity contribution < 1.29 is 28.5 Å². The van der Waals surface area contributed by atoms with Crippen LogP contribution >= 0.6 is 0 Å². The van der Waals surface area contributed by atoms with Gasteiger partial charge < -0.3 is 9.84 Å². The van der Waals surface area contributed by atoms with Gasteiger partial charge in [0, 0.05) is 30.3 Å². The molecule has 27 heavy (non-hydrogen) atoms. The average Bonchev–Trinajstić information content (AvgIpc) is 2.61. The van der Waals surface area contributed by atoms with Crippen molar-refractivity contribution in [2.75, 3.05) is 7.11 Å². The Labute approximate surface area is 155 Å². The van der Waals surface area contributed by atoms with Crippen molar-refractivity contribution in [3.05, 3.63) is 41.1 Å². The molecule has 0 unspecified atom stereocenters. The van der Waals surface area contributed by atoms with Crippen LogP contribution in [0.3, 0.4) is 0 Å². The number of rotatable bonds is 5. The van der Waals surface area contributed by atoms with Crippen molar-refractivity contribution in [2.45, 2.75) is 32.5 Å². The molecule has 0 saturated carbocycles. The number of ether oxygens (including phenoxy) is 1. The van der Waals surface area contributed by atoms with Crippen LogP contribution in [0.5, 0.6) is 0 Å². The highest BCUT2D eigenvalue weighted by Gasteiger charge is 2.26. The first kappa shape index (κ1) is 21.9. The monoisotopic (exact) mass is 381 g/mol. The van der Waals surface area contributed by atoms with Gasteiger partial charge in [0.1, 0.15) is 12.6 Å². The van der Waals surface area contributed by atoms with Crippen LogP contribution in [0.2, 0.25) is 0 Å². The lowest BCUT2D eigenvalue weighted by Gasteiger charge is -2.08. The Morgan fingerprint density at radius 3 is 2.41 bits per heavy atom. The topological polar surface area (TPSA) is 115 Å². The number of alkyl halides is 1. The van der Waals surface area contributed by atoms with Gasteiger partial charge in [-0.05, 0) is 18.9 Å². The normalized spacial score (nSPS) is 10.6. The third-order valence-electron chi connectivity index (χ3n) is 3.30. The summed E-state index contributed by atoms with van der Waals surface area (Å²) in [6.07, 6.45) is 4.86.